The Kier molecular flexibility index (Phi) is 25.2. The van der Waals surface area contributed by atoms with Crippen LogP contribution in [-0.2, 0) is 47.4 Å². The average Bonchev–Trinajstić information content (AvgIpc) is 3.19. The minimum absolute atomic E-state index is 0.255. The van der Waals surface area contributed by atoms with Gasteiger partial charge in [-0.15, -0.1) is 26.3 Å². The van der Waals surface area contributed by atoms with Gasteiger partial charge < -0.3 is 47.4 Å². The molecule has 2 aromatic heterocycles. The van der Waals surface area contributed by atoms with E-state index in [-0.39, 0.29) is 24.4 Å². The van der Waals surface area contributed by atoms with Crippen LogP contribution in [0.3, 0.4) is 0 Å². The summed E-state index contributed by atoms with van der Waals surface area (Å²) in [5, 5.41) is 0. The van der Waals surface area contributed by atoms with Gasteiger partial charge in [0.1, 0.15) is 24.4 Å². The van der Waals surface area contributed by atoms with E-state index in [0.717, 1.165) is 22.8 Å². The molecular formula is C42H62N2O10. The van der Waals surface area contributed by atoms with Crippen LogP contribution in [0.25, 0.3) is 0 Å². The van der Waals surface area contributed by atoms with Crippen molar-refractivity contribution >= 4 is 0 Å². The van der Waals surface area contributed by atoms with Gasteiger partial charge in [0, 0.05) is 0 Å². The molecule has 0 radical (unpaired) electrons. The van der Waals surface area contributed by atoms with Crippen LogP contribution in [-0.4, -0.2) is 116 Å². The van der Waals surface area contributed by atoms with Gasteiger partial charge in [0.25, 0.3) is 0 Å². The Morgan fingerprint density at radius 2 is 0.574 bits per heavy atom. The van der Waals surface area contributed by atoms with Gasteiger partial charge in [0.05, 0.1) is 128 Å². The third-order valence-electron chi connectivity index (χ3n) is 8.10. The van der Waals surface area contributed by atoms with E-state index in [1.54, 1.807) is 0 Å². The fraction of sp³-hybridized carbons (Fsp3) is 0.571. The molecule has 1 aliphatic heterocycles. The fourth-order valence-electron chi connectivity index (χ4n) is 5.44. The number of fused-ring (bicyclic) bond motifs is 4. The molecule has 3 rings (SSSR count). The lowest BCUT2D eigenvalue weighted by atomic mass is 10.1. The summed E-state index contributed by atoms with van der Waals surface area (Å²) in [5.41, 5.74) is 3.24. The molecule has 3 heterocycles. The standard InChI is InChI=1S/C42H62N2O10/c1-5-11-39-35-15-9-16-36(43-35)40(12-6-2)52-32-28-48-25-21-46-22-26-50-30-34-54-42(14-8-4)38-18-10-17-37(44-38)41(13-7-3)53-33-29-49-24-20-45-19-23-47-27-31-51-39/h5-10,15-18,39-42H,1-4,11-14,19-34H2/t39-,40-,41-,42+/m0/s1. The Hall–Kier alpha value is -3.14. The molecule has 300 valence electrons. The number of aromatic nitrogens is 2. The first-order valence-corrected chi connectivity index (χ1v) is 19.0. The molecule has 0 fully saturated rings. The van der Waals surface area contributed by atoms with Crippen LogP contribution in [0.2, 0.25) is 0 Å². The Morgan fingerprint density at radius 3 is 0.778 bits per heavy atom. The number of hydrogen-bond donors (Lipinski definition) is 0. The van der Waals surface area contributed by atoms with Gasteiger partial charge in [-0.25, -0.2) is 0 Å². The number of hydrogen-bond acceptors (Lipinski definition) is 12. The molecule has 0 amide bonds. The van der Waals surface area contributed by atoms with Gasteiger partial charge in [-0.2, -0.15) is 0 Å². The van der Waals surface area contributed by atoms with Crippen LogP contribution < -0.4 is 0 Å². The fourth-order valence-corrected chi connectivity index (χ4v) is 5.44. The maximum absolute atomic E-state index is 6.15. The molecular weight excluding hydrogens is 692 g/mol. The topological polar surface area (TPSA) is 118 Å². The van der Waals surface area contributed by atoms with Crippen LogP contribution in [0, 0.1) is 0 Å². The molecule has 0 saturated carbocycles. The summed E-state index contributed by atoms with van der Waals surface area (Å²) in [6.45, 7) is 22.6. The molecule has 4 bridgehead atoms. The zero-order chi connectivity index (χ0) is 38.3. The Morgan fingerprint density at radius 1 is 0.370 bits per heavy atom. The van der Waals surface area contributed by atoms with Crippen molar-refractivity contribution in [3.8, 4) is 0 Å². The molecule has 12 heteroatoms. The van der Waals surface area contributed by atoms with Crippen molar-refractivity contribution in [1.82, 2.24) is 9.97 Å². The lowest BCUT2D eigenvalue weighted by molar-refractivity contribution is -0.0321. The highest BCUT2D eigenvalue weighted by Crippen LogP contribution is 2.26. The second kappa shape index (κ2) is 30.1. The quantitative estimate of drug-likeness (QED) is 0.263. The monoisotopic (exact) mass is 754 g/mol. The van der Waals surface area contributed by atoms with E-state index < -0.39 is 0 Å². The number of ether oxygens (including phenoxy) is 10. The first kappa shape index (κ1) is 45.3. The van der Waals surface area contributed by atoms with Gasteiger partial charge in [-0.1, -0.05) is 36.4 Å². The third-order valence-corrected chi connectivity index (χ3v) is 8.10. The second-order valence-corrected chi connectivity index (χ2v) is 12.2. The normalized spacial score (nSPS) is 23.7. The Labute approximate surface area is 322 Å². The maximum Gasteiger partial charge on any atom is 0.103 e. The zero-order valence-electron chi connectivity index (χ0n) is 32.0. The highest BCUT2D eigenvalue weighted by Gasteiger charge is 2.19. The Bertz CT molecular complexity index is 1110. The van der Waals surface area contributed by atoms with Crippen molar-refractivity contribution in [3.05, 3.63) is 110 Å². The molecule has 0 spiro atoms. The predicted octanol–water partition coefficient (Wildman–Crippen LogP) is 6.83. The van der Waals surface area contributed by atoms with Crippen molar-refractivity contribution in [2.45, 2.75) is 50.1 Å². The minimum Gasteiger partial charge on any atom is -0.377 e. The molecule has 1 aliphatic rings. The minimum atomic E-state index is -0.255. The lowest BCUT2D eigenvalue weighted by Gasteiger charge is -2.20. The maximum atomic E-state index is 6.15. The van der Waals surface area contributed by atoms with Gasteiger partial charge >= 0.3 is 0 Å². The van der Waals surface area contributed by atoms with Gasteiger partial charge in [0.2, 0.25) is 0 Å². The molecule has 4 atom stereocenters. The van der Waals surface area contributed by atoms with Crippen LogP contribution in [0.15, 0.2) is 87.0 Å². The van der Waals surface area contributed by atoms with Crippen LogP contribution >= 0.6 is 0 Å². The Balaban J connectivity index is 1.54. The SMILES string of the molecule is C=CC[C@@H]1OCCOCCOCCOCCO[C@@H](CC=C)c2cccc(n2)[C@@H](CC=C)OCCOCCOCCOCCO[C@@H](CC=C)c2cccc1n2. The highest BCUT2D eigenvalue weighted by atomic mass is 16.6. The number of nitrogens with zero attached hydrogens (tertiary/aromatic N) is 2. The first-order valence-electron chi connectivity index (χ1n) is 19.0. The largest absolute Gasteiger partial charge is 0.377 e. The molecule has 2 aromatic rings. The van der Waals surface area contributed by atoms with Crippen molar-refractivity contribution in [2.75, 3.05) is 106 Å². The molecule has 0 N–H and O–H groups in total. The van der Waals surface area contributed by atoms with E-state index >= 15 is 0 Å². The summed E-state index contributed by atoms with van der Waals surface area (Å²) in [7, 11) is 0. The summed E-state index contributed by atoms with van der Waals surface area (Å²) in [6, 6.07) is 11.8. The third kappa shape index (κ3) is 18.9. The van der Waals surface area contributed by atoms with Gasteiger partial charge in [0.15, 0.2) is 0 Å². The van der Waals surface area contributed by atoms with Gasteiger partial charge in [-0.3, -0.25) is 9.97 Å². The molecule has 54 heavy (non-hydrogen) atoms. The van der Waals surface area contributed by atoms with Crippen molar-refractivity contribution in [2.24, 2.45) is 0 Å². The van der Waals surface area contributed by atoms with E-state index in [1.807, 2.05) is 60.7 Å². The highest BCUT2D eigenvalue weighted by molar-refractivity contribution is 5.18. The van der Waals surface area contributed by atoms with Crippen LogP contribution in [0.5, 0.6) is 0 Å². The molecule has 12 nitrogen and oxygen atoms in total. The summed E-state index contributed by atoms with van der Waals surface area (Å²) in [5.74, 6) is 0. The number of pyridine rings is 2. The predicted molar refractivity (Wildman–Crippen MR) is 207 cm³/mol. The summed E-state index contributed by atoms with van der Waals surface area (Å²) in [4.78, 5) is 9.78. The summed E-state index contributed by atoms with van der Waals surface area (Å²) < 4.78 is 58.9. The average molecular weight is 755 g/mol. The van der Waals surface area contributed by atoms with Crippen LogP contribution in [0.1, 0.15) is 72.9 Å². The molecule has 0 saturated heterocycles. The van der Waals surface area contributed by atoms with E-state index in [4.69, 9.17) is 57.3 Å². The summed E-state index contributed by atoms with van der Waals surface area (Å²) >= 11 is 0. The molecule has 0 aromatic carbocycles. The zero-order valence-corrected chi connectivity index (χ0v) is 32.0. The van der Waals surface area contributed by atoms with E-state index in [2.05, 4.69) is 26.3 Å². The lowest BCUT2D eigenvalue weighted by Crippen LogP contribution is -2.17. The number of rotatable bonds is 8. The van der Waals surface area contributed by atoms with E-state index in [1.165, 1.54) is 0 Å². The van der Waals surface area contributed by atoms with Crippen molar-refractivity contribution < 1.29 is 47.4 Å². The van der Waals surface area contributed by atoms with Crippen molar-refractivity contribution in [1.29, 1.82) is 0 Å². The summed E-state index contributed by atoms with van der Waals surface area (Å²) in [6.07, 6.45) is 8.76. The smallest absolute Gasteiger partial charge is 0.103 e. The first-order chi connectivity index (χ1) is 26.7. The molecule has 0 unspecified atom stereocenters. The van der Waals surface area contributed by atoms with Crippen molar-refractivity contribution in [3.63, 3.8) is 0 Å². The molecule has 0 aliphatic carbocycles. The van der Waals surface area contributed by atoms with Crippen LogP contribution in [0.4, 0.5) is 0 Å². The van der Waals surface area contributed by atoms with Gasteiger partial charge in [-0.05, 0) is 49.9 Å². The van der Waals surface area contributed by atoms with E-state index in [0.29, 0.717) is 131 Å². The second-order valence-electron chi connectivity index (χ2n) is 12.2. The van der Waals surface area contributed by atoms with E-state index in [9.17, 15) is 0 Å².